The number of aromatic amines is 1. The standard InChI is InChI=1S/C13H12BrFN2O2/c1-7-16-6-12(17-7)10(5-13(18)19)9-4-8(14)2-3-11(9)15/h2-4,6,10H,5H2,1H3,(H,16,17)(H,18,19). The van der Waals surface area contributed by atoms with Crippen molar-refractivity contribution in [3.8, 4) is 0 Å². The van der Waals surface area contributed by atoms with Crippen LogP contribution in [0.15, 0.2) is 28.9 Å². The van der Waals surface area contributed by atoms with Gasteiger partial charge in [-0.25, -0.2) is 9.37 Å². The van der Waals surface area contributed by atoms with Gasteiger partial charge in [-0.3, -0.25) is 4.79 Å². The number of rotatable bonds is 4. The van der Waals surface area contributed by atoms with Crippen LogP contribution in [-0.2, 0) is 4.79 Å². The number of imidazole rings is 1. The predicted octanol–water partition coefficient (Wildman–Crippen LogP) is 3.23. The third-order valence-corrected chi connectivity index (χ3v) is 3.30. The van der Waals surface area contributed by atoms with Crippen LogP contribution in [0.3, 0.4) is 0 Å². The Morgan fingerprint density at radius 3 is 2.89 bits per heavy atom. The van der Waals surface area contributed by atoms with Gasteiger partial charge in [-0.15, -0.1) is 0 Å². The van der Waals surface area contributed by atoms with Gasteiger partial charge in [0.05, 0.1) is 6.42 Å². The Balaban J connectivity index is 2.48. The van der Waals surface area contributed by atoms with E-state index in [9.17, 15) is 9.18 Å². The summed E-state index contributed by atoms with van der Waals surface area (Å²) >= 11 is 3.27. The summed E-state index contributed by atoms with van der Waals surface area (Å²) in [6.07, 6.45) is 1.35. The fraction of sp³-hybridized carbons (Fsp3) is 0.231. The Labute approximate surface area is 117 Å². The van der Waals surface area contributed by atoms with E-state index in [1.165, 1.54) is 6.07 Å². The number of hydrogen-bond donors (Lipinski definition) is 2. The summed E-state index contributed by atoms with van der Waals surface area (Å²) in [5.74, 6) is -1.34. The molecule has 0 fully saturated rings. The molecule has 1 unspecified atom stereocenters. The number of aryl methyl sites for hydroxylation is 1. The molecule has 6 heteroatoms. The van der Waals surface area contributed by atoms with Crippen molar-refractivity contribution in [2.75, 3.05) is 0 Å². The fourth-order valence-electron chi connectivity index (χ4n) is 1.96. The van der Waals surface area contributed by atoms with Crippen LogP contribution in [0.1, 0.15) is 29.4 Å². The maximum atomic E-state index is 13.9. The van der Waals surface area contributed by atoms with E-state index < -0.39 is 17.7 Å². The van der Waals surface area contributed by atoms with E-state index in [0.29, 0.717) is 21.6 Å². The van der Waals surface area contributed by atoms with Crippen molar-refractivity contribution in [2.24, 2.45) is 0 Å². The van der Waals surface area contributed by atoms with Crippen LogP contribution in [0.4, 0.5) is 4.39 Å². The Morgan fingerprint density at radius 2 is 2.32 bits per heavy atom. The van der Waals surface area contributed by atoms with Gasteiger partial charge >= 0.3 is 5.97 Å². The second-order valence-electron chi connectivity index (χ2n) is 4.24. The first-order valence-corrected chi connectivity index (χ1v) is 6.45. The zero-order valence-electron chi connectivity index (χ0n) is 10.2. The van der Waals surface area contributed by atoms with Crippen molar-refractivity contribution in [3.05, 3.63) is 51.8 Å². The largest absolute Gasteiger partial charge is 0.481 e. The number of halogens is 2. The molecule has 2 rings (SSSR count). The SMILES string of the molecule is Cc1ncc(C(CC(=O)O)c2cc(Br)ccc2F)[nH]1. The van der Waals surface area contributed by atoms with Crippen LogP contribution in [0.2, 0.25) is 0 Å². The van der Waals surface area contributed by atoms with Gasteiger partial charge in [0, 0.05) is 22.3 Å². The van der Waals surface area contributed by atoms with Crippen molar-refractivity contribution in [1.82, 2.24) is 9.97 Å². The summed E-state index contributed by atoms with van der Waals surface area (Å²) in [7, 11) is 0. The number of H-pyrrole nitrogens is 1. The van der Waals surface area contributed by atoms with Gasteiger partial charge in [-0.1, -0.05) is 15.9 Å². The van der Waals surface area contributed by atoms with Crippen LogP contribution in [0.25, 0.3) is 0 Å². The highest BCUT2D eigenvalue weighted by atomic mass is 79.9. The molecule has 1 atom stereocenters. The van der Waals surface area contributed by atoms with Crippen LogP contribution in [0.5, 0.6) is 0 Å². The first-order valence-electron chi connectivity index (χ1n) is 5.65. The minimum atomic E-state index is -0.989. The molecule has 0 spiro atoms. The number of benzene rings is 1. The third-order valence-electron chi connectivity index (χ3n) is 2.81. The molecule has 19 heavy (non-hydrogen) atoms. The zero-order chi connectivity index (χ0) is 14.0. The summed E-state index contributed by atoms with van der Waals surface area (Å²) in [5.41, 5.74) is 0.928. The number of aromatic nitrogens is 2. The Bertz CT molecular complexity index is 612. The molecule has 0 radical (unpaired) electrons. The minimum Gasteiger partial charge on any atom is -0.481 e. The highest BCUT2D eigenvalue weighted by molar-refractivity contribution is 9.10. The molecular weight excluding hydrogens is 315 g/mol. The van der Waals surface area contributed by atoms with Gasteiger partial charge in [-0.05, 0) is 30.7 Å². The molecule has 100 valence electrons. The number of hydrogen-bond acceptors (Lipinski definition) is 2. The van der Waals surface area contributed by atoms with Crippen LogP contribution in [-0.4, -0.2) is 21.0 Å². The fourth-order valence-corrected chi connectivity index (χ4v) is 2.34. The smallest absolute Gasteiger partial charge is 0.304 e. The van der Waals surface area contributed by atoms with Crippen molar-refractivity contribution in [3.63, 3.8) is 0 Å². The Kier molecular flexibility index (Phi) is 3.99. The topological polar surface area (TPSA) is 66.0 Å². The van der Waals surface area contributed by atoms with Gasteiger partial charge in [-0.2, -0.15) is 0 Å². The molecule has 0 aliphatic heterocycles. The molecule has 0 aliphatic rings. The molecular formula is C13H12BrFN2O2. The minimum absolute atomic E-state index is 0.199. The van der Waals surface area contributed by atoms with E-state index in [1.807, 2.05) is 0 Å². The highest BCUT2D eigenvalue weighted by Crippen LogP contribution is 2.30. The molecule has 1 heterocycles. The van der Waals surface area contributed by atoms with Gasteiger partial charge < -0.3 is 10.1 Å². The molecule has 2 N–H and O–H groups in total. The Morgan fingerprint density at radius 1 is 1.58 bits per heavy atom. The predicted molar refractivity (Wildman–Crippen MR) is 71.5 cm³/mol. The van der Waals surface area contributed by atoms with Gasteiger partial charge in [0.25, 0.3) is 0 Å². The van der Waals surface area contributed by atoms with Crippen molar-refractivity contribution in [2.45, 2.75) is 19.3 Å². The van der Waals surface area contributed by atoms with E-state index in [4.69, 9.17) is 5.11 Å². The summed E-state index contributed by atoms with van der Waals surface area (Å²) in [4.78, 5) is 18.0. The molecule has 0 aliphatic carbocycles. The Hall–Kier alpha value is -1.69. The van der Waals surface area contributed by atoms with Gasteiger partial charge in [0.15, 0.2) is 0 Å². The average Bonchev–Trinajstić information content (AvgIpc) is 2.76. The molecule has 1 aromatic heterocycles. The first kappa shape index (κ1) is 13.7. The number of carboxylic acid groups (broad SMARTS) is 1. The number of nitrogens with zero attached hydrogens (tertiary/aromatic N) is 1. The number of carbonyl (C=O) groups is 1. The maximum absolute atomic E-state index is 13.9. The summed E-state index contributed by atoms with van der Waals surface area (Å²) < 4.78 is 14.6. The molecule has 2 aromatic rings. The average molecular weight is 327 g/mol. The number of nitrogens with one attached hydrogen (secondary N) is 1. The lowest BCUT2D eigenvalue weighted by Crippen LogP contribution is -2.10. The van der Waals surface area contributed by atoms with Crippen LogP contribution in [0, 0.1) is 12.7 Å². The number of aliphatic carboxylic acids is 1. The van der Waals surface area contributed by atoms with E-state index in [2.05, 4.69) is 25.9 Å². The summed E-state index contributed by atoms with van der Waals surface area (Å²) in [6, 6.07) is 4.49. The highest BCUT2D eigenvalue weighted by Gasteiger charge is 2.23. The lowest BCUT2D eigenvalue weighted by molar-refractivity contribution is -0.137. The molecule has 4 nitrogen and oxygen atoms in total. The van der Waals surface area contributed by atoms with E-state index in [0.717, 1.165) is 0 Å². The van der Waals surface area contributed by atoms with Gasteiger partial charge in [0.1, 0.15) is 11.6 Å². The lowest BCUT2D eigenvalue weighted by atomic mass is 9.92. The van der Waals surface area contributed by atoms with Crippen molar-refractivity contribution < 1.29 is 14.3 Å². The normalized spacial score (nSPS) is 12.4. The molecule has 0 amide bonds. The van der Waals surface area contributed by atoms with Crippen molar-refractivity contribution >= 4 is 21.9 Å². The van der Waals surface area contributed by atoms with Crippen LogP contribution >= 0.6 is 15.9 Å². The second-order valence-corrected chi connectivity index (χ2v) is 5.16. The third kappa shape index (κ3) is 3.20. The van der Waals surface area contributed by atoms with E-state index in [1.54, 1.807) is 25.3 Å². The molecule has 0 bridgehead atoms. The summed E-state index contributed by atoms with van der Waals surface area (Å²) in [5, 5.41) is 9.01. The quantitative estimate of drug-likeness (QED) is 0.906. The molecule has 0 saturated carbocycles. The second kappa shape index (κ2) is 5.52. The maximum Gasteiger partial charge on any atom is 0.304 e. The summed E-state index contributed by atoms with van der Waals surface area (Å²) in [6.45, 7) is 1.76. The van der Waals surface area contributed by atoms with Crippen molar-refractivity contribution in [1.29, 1.82) is 0 Å². The van der Waals surface area contributed by atoms with Crippen LogP contribution < -0.4 is 0 Å². The monoisotopic (exact) mass is 326 g/mol. The van der Waals surface area contributed by atoms with E-state index >= 15 is 0 Å². The van der Waals surface area contributed by atoms with Gasteiger partial charge in [0.2, 0.25) is 0 Å². The zero-order valence-corrected chi connectivity index (χ0v) is 11.7. The van der Waals surface area contributed by atoms with E-state index in [-0.39, 0.29) is 6.42 Å². The first-order chi connectivity index (χ1) is 8.97. The lowest BCUT2D eigenvalue weighted by Gasteiger charge is -2.15. The number of carboxylic acids is 1. The molecule has 1 aromatic carbocycles. The molecule has 0 saturated heterocycles.